The van der Waals surface area contributed by atoms with E-state index in [2.05, 4.69) is 25.4 Å². The Balaban J connectivity index is 1.13. The number of nitrogens with zero attached hydrogens (tertiary/aromatic N) is 4. The van der Waals surface area contributed by atoms with Gasteiger partial charge in [0.1, 0.15) is 11.5 Å². The number of aromatic amines is 1. The van der Waals surface area contributed by atoms with Gasteiger partial charge in [-0.15, -0.1) is 0 Å². The third-order valence-corrected chi connectivity index (χ3v) is 7.30. The molecule has 0 aliphatic carbocycles. The molecule has 2 N–H and O–H groups in total. The summed E-state index contributed by atoms with van der Waals surface area (Å²) in [5.74, 6) is -0.131. The number of anilines is 1. The lowest BCUT2D eigenvalue weighted by molar-refractivity contribution is -0.126. The summed E-state index contributed by atoms with van der Waals surface area (Å²) >= 11 is 6.26. The second kappa shape index (κ2) is 10.8. The molecular formula is C26H28ClFN6O3. The van der Waals surface area contributed by atoms with Crippen molar-refractivity contribution in [1.29, 1.82) is 0 Å². The highest BCUT2D eigenvalue weighted by Crippen LogP contribution is 2.29. The minimum atomic E-state index is -0.260. The van der Waals surface area contributed by atoms with Crippen molar-refractivity contribution in [2.45, 2.75) is 25.3 Å². The van der Waals surface area contributed by atoms with Crippen LogP contribution in [0, 0.1) is 11.7 Å². The number of pyridine rings is 1. The van der Waals surface area contributed by atoms with Gasteiger partial charge in [-0.1, -0.05) is 11.6 Å². The molecule has 11 heteroatoms. The van der Waals surface area contributed by atoms with Crippen LogP contribution in [0.5, 0.6) is 5.88 Å². The van der Waals surface area contributed by atoms with Crippen molar-refractivity contribution in [3.63, 3.8) is 0 Å². The van der Waals surface area contributed by atoms with Gasteiger partial charge in [0.15, 0.2) is 0 Å². The summed E-state index contributed by atoms with van der Waals surface area (Å²) in [4.78, 5) is 33.9. The maximum absolute atomic E-state index is 13.2. The molecule has 2 saturated heterocycles. The third-order valence-electron chi connectivity index (χ3n) is 7.00. The van der Waals surface area contributed by atoms with Crippen molar-refractivity contribution in [2.24, 2.45) is 5.92 Å². The summed E-state index contributed by atoms with van der Waals surface area (Å²) in [6.07, 6.45) is 3.52. The number of H-pyrrole nitrogens is 1. The Kier molecular flexibility index (Phi) is 7.27. The van der Waals surface area contributed by atoms with Crippen LogP contribution in [0.3, 0.4) is 0 Å². The molecule has 2 fully saturated rings. The number of likely N-dealkylation sites (tertiary alicyclic amines) is 1. The summed E-state index contributed by atoms with van der Waals surface area (Å²) < 4.78 is 18.3. The predicted molar refractivity (Wildman–Crippen MR) is 137 cm³/mol. The van der Waals surface area contributed by atoms with Crippen LogP contribution in [0.25, 0.3) is 11.3 Å². The number of methoxy groups -OCH3 is 1. The van der Waals surface area contributed by atoms with E-state index in [1.807, 2.05) is 0 Å². The van der Waals surface area contributed by atoms with Crippen LogP contribution in [0.1, 0.15) is 29.8 Å². The monoisotopic (exact) mass is 526 g/mol. The fourth-order valence-electron chi connectivity index (χ4n) is 4.90. The van der Waals surface area contributed by atoms with E-state index < -0.39 is 0 Å². The number of piperidine rings is 1. The van der Waals surface area contributed by atoms with E-state index >= 15 is 0 Å². The molecule has 2 aliphatic heterocycles. The van der Waals surface area contributed by atoms with E-state index in [-0.39, 0.29) is 29.6 Å². The quantitative estimate of drug-likeness (QED) is 0.509. The van der Waals surface area contributed by atoms with E-state index in [0.717, 1.165) is 18.7 Å². The van der Waals surface area contributed by atoms with Crippen LogP contribution in [-0.2, 0) is 4.79 Å². The second-order valence-electron chi connectivity index (χ2n) is 9.36. The van der Waals surface area contributed by atoms with Crippen molar-refractivity contribution in [1.82, 2.24) is 25.4 Å². The van der Waals surface area contributed by atoms with Gasteiger partial charge in [0.05, 0.1) is 24.0 Å². The SMILES string of the molecule is COc1cc(-c2cc(C(=O)N3CCC(C(=O)NC4CCN(c5ccc(F)cc5)C4)CC3)[nH]n2)c(Cl)cn1. The first-order valence-electron chi connectivity index (χ1n) is 12.3. The fraction of sp³-hybridized carbons (Fsp3) is 0.385. The Bertz CT molecular complexity index is 1280. The van der Waals surface area contributed by atoms with E-state index in [1.165, 1.54) is 25.4 Å². The Morgan fingerprint density at radius 2 is 1.89 bits per heavy atom. The van der Waals surface area contributed by atoms with Crippen LogP contribution >= 0.6 is 11.6 Å². The fourth-order valence-corrected chi connectivity index (χ4v) is 5.10. The van der Waals surface area contributed by atoms with Crippen LogP contribution in [0.4, 0.5) is 10.1 Å². The van der Waals surface area contributed by atoms with Crippen molar-refractivity contribution < 1.29 is 18.7 Å². The van der Waals surface area contributed by atoms with Gasteiger partial charge >= 0.3 is 0 Å². The van der Waals surface area contributed by atoms with Crippen molar-refractivity contribution >= 4 is 29.1 Å². The van der Waals surface area contributed by atoms with Gasteiger partial charge in [-0.05, 0) is 49.6 Å². The minimum Gasteiger partial charge on any atom is -0.481 e. The molecular weight excluding hydrogens is 499 g/mol. The Morgan fingerprint density at radius 1 is 1.14 bits per heavy atom. The largest absolute Gasteiger partial charge is 0.481 e. The van der Waals surface area contributed by atoms with Gasteiger partial charge in [0.2, 0.25) is 11.8 Å². The number of aromatic nitrogens is 3. The van der Waals surface area contributed by atoms with Gasteiger partial charge in [-0.2, -0.15) is 5.10 Å². The van der Waals surface area contributed by atoms with Gasteiger partial charge in [0.25, 0.3) is 5.91 Å². The third kappa shape index (κ3) is 5.53. The average molecular weight is 527 g/mol. The summed E-state index contributed by atoms with van der Waals surface area (Å²) in [7, 11) is 1.51. The predicted octanol–water partition coefficient (Wildman–Crippen LogP) is 3.52. The normalized spacial score (nSPS) is 18.2. The highest BCUT2D eigenvalue weighted by Gasteiger charge is 2.31. The maximum atomic E-state index is 13.2. The number of hydrogen-bond donors (Lipinski definition) is 2. The zero-order valence-electron chi connectivity index (χ0n) is 20.4. The van der Waals surface area contributed by atoms with Gasteiger partial charge < -0.3 is 19.9 Å². The number of carbonyl (C=O) groups excluding carboxylic acids is 2. The van der Waals surface area contributed by atoms with Crippen molar-refractivity contribution in [3.8, 4) is 17.1 Å². The van der Waals surface area contributed by atoms with Crippen LogP contribution < -0.4 is 15.0 Å². The van der Waals surface area contributed by atoms with E-state index in [9.17, 15) is 14.0 Å². The lowest BCUT2D eigenvalue weighted by Crippen LogP contribution is -2.46. The molecule has 5 rings (SSSR count). The van der Waals surface area contributed by atoms with E-state index in [1.54, 1.807) is 29.2 Å². The van der Waals surface area contributed by atoms with Crippen molar-refractivity contribution in [3.05, 3.63) is 59.1 Å². The summed E-state index contributed by atoms with van der Waals surface area (Å²) in [5.41, 5.74) is 2.45. The molecule has 2 amide bonds. The molecule has 194 valence electrons. The first kappa shape index (κ1) is 25.0. The molecule has 37 heavy (non-hydrogen) atoms. The van der Waals surface area contributed by atoms with Gasteiger partial charge in [-0.3, -0.25) is 14.7 Å². The Morgan fingerprint density at radius 3 is 2.62 bits per heavy atom. The standard InChI is InChI=1S/C26H28ClFN6O3/c1-37-24-12-20(21(27)14-29-24)22-13-23(32-31-22)26(36)33-9-6-16(7-10-33)25(35)30-18-8-11-34(15-18)19-4-2-17(28)3-5-19/h2-5,12-14,16,18H,6-11,15H2,1H3,(H,30,35)(H,31,32). The lowest BCUT2D eigenvalue weighted by Gasteiger charge is -2.31. The average Bonchev–Trinajstić information content (AvgIpc) is 3.59. The van der Waals surface area contributed by atoms with Gasteiger partial charge in [-0.25, -0.2) is 9.37 Å². The first-order valence-corrected chi connectivity index (χ1v) is 12.6. The molecule has 3 aromatic rings. The van der Waals surface area contributed by atoms with Crippen LogP contribution in [0.2, 0.25) is 5.02 Å². The zero-order chi connectivity index (χ0) is 25.9. The number of halogens is 2. The van der Waals surface area contributed by atoms with E-state index in [0.29, 0.717) is 60.3 Å². The number of nitrogens with one attached hydrogen (secondary N) is 2. The summed E-state index contributed by atoms with van der Waals surface area (Å²) in [6.45, 7) is 2.49. The molecule has 1 atom stereocenters. The summed E-state index contributed by atoms with van der Waals surface area (Å²) in [5, 5.41) is 10.6. The molecule has 0 spiro atoms. The summed E-state index contributed by atoms with van der Waals surface area (Å²) in [6, 6.07) is 9.81. The van der Waals surface area contributed by atoms with Crippen LogP contribution in [-0.4, -0.2) is 71.2 Å². The number of rotatable bonds is 6. The Labute approximate surface area is 219 Å². The number of carbonyl (C=O) groups is 2. The minimum absolute atomic E-state index is 0.0307. The molecule has 1 aromatic carbocycles. The molecule has 1 unspecified atom stereocenters. The van der Waals surface area contributed by atoms with Crippen LogP contribution in [0.15, 0.2) is 42.6 Å². The first-order chi connectivity index (χ1) is 17.9. The molecule has 4 heterocycles. The number of hydrogen-bond acceptors (Lipinski definition) is 6. The van der Waals surface area contributed by atoms with Gasteiger partial charge in [0, 0.05) is 55.5 Å². The highest BCUT2D eigenvalue weighted by molar-refractivity contribution is 6.33. The molecule has 0 saturated carbocycles. The molecule has 9 nitrogen and oxygen atoms in total. The van der Waals surface area contributed by atoms with Crippen molar-refractivity contribution in [2.75, 3.05) is 38.2 Å². The molecule has 2 aliphatic rings. The molecule has 2 aromatic heterocycles. The Hall–Kier alpha value is -3.66. The zero-order valence-corrected chi connectivity index (χ0v) is 21.2. The molecule has 0 bridgehead atoms. The smallest absolute Gasteiger partial charge is 0.271 e. The maximum Gasteiger partial charge on any atom is 0.271 e. The van der Waals surface area contributed by atoms with E-state index in [4.69, 9.17) is 16.3 Å². The topological polar surface area (TPSA) is 103 Å². The lowest BCUT2D eigenvalue weighted by atomic mass is 9.95. The number of ether oxygens (including phenoxy) is 1. The second-order valence-corrected chi connectivity index (χ2v) is 9.76. The number of benzene rings is 1. The highest BCUT2D eigenvalue weighted by atomic mass is 35.5. The molecule has 0 radical (unpaired) electrons. The number of amides is 2.